The van der Waals surface area contributed by atoms with Gasteiger partial charge in [-0.1, -0.05) is 12.1 Å². The highest BCUT2D eigenvalue weighted by Crippen LogP contribution is 2.36. The lowest BCUT2D eigenvalue weighted by molar-refractivity contribution is -0.327. The van der Waals surface area contributed by atoms with Crippen molar-refractivity contribution >= 4 is 11.9 Å². The number of carbonyl (C=O) groups excluding carboxylic acids is 2. The highest BCUT2D eigenvalue weighted by molar-refractivity contribution is 5.90. The van der Waals surface area contributed by atoms with E-state index in [2.05, 4.69) is 0 Å². The number of esters is 2. The van der Waals surface area contributed by atoms with Crippen molar-refractivity contribution in [3.8, 4) is 11.5 Å². The molecular formula is C27H36O14. The highest BCUT2D eigenvalue weighted by Gasteiger charge is 2.47. The summed E-state index contributed by atoms with van der Waals surface area (Å²) in [5, 5.41) is 59.4. The molecule has 0 saturated carbocycles. The molecule has 0 aliphatic carbocycles. The summed E-state index contributed by atoms with van der Waals surface area (Å²) in [5.41, 5.74) is 0.709. The summed E-state index contributed by atoms with van der Waals surface area (Å²) in [5.74, 6) is -3.14. The molecule has 0 unspecified atom stereocenters. The van der Waals surface area contributed by atoms with Crippen molar-refractivity contribution < 1.29 is 68.6 Å². The molecule has 1 aromatic rings. The van der Waals surface area contributed by atoms with Crippen LogP contribution in [-0.2, 0) is 38.0 Å². The van der Waals surface area contributed by atoms with E-state index < -0.39 is 67.6 Å². The van der Waals surface area contributed by atoms with E-state index in [1.807, 2.05) is 0 Å². The van der Waals surface area contributed by atoms with E-state index >= 15 is 0 Å². The maximum Gasteiger partial charge on any atom is 0.337 e. The quantitative estimate of drug-likeness (QED) is 0.114. The summed E-state index contributed by atoms with van der Waals surface area (Å²) < 4.78 is 32.6. The van der Waals surface area contributed by atoms with Crippen molar-refractivity contribution in [2.75, 3.05) is 26.9 Å². The lowest BCUT2D eigenvalue weighted by Gasteiger charge is -2.41. The Balaban J connectivity index is 1.76. The molecule has 2 aliphatic rings. The van der Waals surface area contributed by atoms with Gasteiger partial charge in [0.15, 0.2) is 17.8 Å². The third kappa shape index (κ3) is 7.54. The number of aromatic hydroxyl groups is 2. The number of hydrogen-bond acceptors (Lipinski definition) is 14. The molecule has 2 aliphatic heterocycles. The molecule has 14 nitrogen and oxygen atoms in total. The second-order valence-electron chi connectivity index (χ2n) is 9.29. The molecule has 3 rings (SSSR count). The second-order valence-corrected chi connectivity index (χ2v) is 9.29. The minimum absolute atomic E-state index is 0.0176. The van der Waals surface area contributed by atoms with E-state index in [9.17, 15) is 40.2 Å². The number of aliphatic hydroxyl groups is 4. The maximum atomic E-state index is 13.0. The molecule has 1 aromatic carbocycles. The summed E-state index contributed by atoms with van der Waals surface area (Å²) in [4.78, 5) is 25.5. The van der Waals surface area contributed by atoms with Gasteiger partial charge in [-0.3, -0.25) is 4.79 Å². The Morgan fingerprint density at radius 3 is 2.44 bits per heavy atom. The van der Waals surface area contributed by atoms with Gasteiger partial charge in [0.05, 0.1) is 32.0 Å². The van der Waals surface area contributed by atoms with Gasteiger partial charge < -0.3 is 59.1 Å². The lowest BCUT2D eigenvalue weighted by Crippen LogP contribution is -2.60. The van der Waals surface area contributed by atoms with Crippen LogP contribution in [0.25, 0.3) is 0 Å². The van der Waals surface area contributed by atoms with Gasteiger partial charge in [-0.25, -0.2) is 4.79 Å². The zero-order chi connectivity index (χ0) is 30.3. The monoisotopic (exact) mass is 584 g/mol. The molecule has 14 heteroatoms. The first-order valence-electron chi connectivity index (χ1n) is 12.9. The third-order valence-electron chi connectivity index (χ3n) is 6.73. The molecule has 0 spiro atoms. The molecular weight excluding hydrogens is 548 g/mol. The Hall–Kier alpha value is -3.24. The fourth-order valence-corrected chi connectivity index (χ4v) is 4.50. The Morgan fingerprint density at radius 1 is 1.10 bits per heavy atom. The number of aliphatic hydroxyl groups excluding tert-OH is 4. The fourth-order valence-electron chi connectivity index (χ4n) is 4.50. The van der Waals surface area contributed by atoms with Gasteiger partial charge in [0.1, 0.15) is 37.1 Å². The van der Waals surface area contributed by atoms with Crippen LogP contribution in [0.4, 0.5) is 0 Å². The molecule has 41 heavy (non-hydrogen) atoms. The van der Waals surface area contributed by atoms with Gasteiger partial charge in [-0.05, 0) is 31.5 Å². The normalized spacial score (nSPS) is 29.8. The summed E-state index contributed by atoms with van der Waals surface area (Å²) in [6.07, 6.45) is -7.60. The Labute approximate surface area is 235 Å². The van der Waals surface area contributed by atoms with E-state index in [1.54, 1.807) is 13.8 Å². The minimum atomic E-state index is -1.71. The van der Waals surface area contributed by atoms with Crippen LogP contribution in [0.3, 0.4) is 0 Å². The van der Waals surface area contributed by atoms with Gasteiger partial charge in [0.25, 0.3) is 0 Å². The van der Waals surface area contributed by atoms with Crippen LogP contribution in [0.5, 0.6) is 11.5 Å². The number of methoxy groups -OCH3 is 1. The summed E-state index contributed by atoms with van der Waals surface area (Å²) in [6.45, 7) is 2.69. The molecule has 2 heterocycles. The predicted molar refractivity (Wildman–Crippen MR) is 137 cm³/mol. The predicted octanol–water partition coefficient (Wildman–Crippen LogP) is -0.0991. The van der Waals surface area contributed by atoms with Gasteiger partial charge in [0, 0.05) is 18.1 Å². The topological polar surface area (TPSA) is 211 Å². The molecule has 1 fully saturated rings. The summed E-state index contributed by atoms with van der Waals surface area (Å²) in [6, 6.07) is 4.08. The first-order valence-corrected chi connectivity index (χ1v) is 12.9. The van der Waals surface area contributed by atoms with Crippen LogP contribution >= 0.6 is 0 Å². The van der Waals surface area contributed by atoms with E-state index in [4.69, 9.17) is 28.4 Å². The van der Waals surface area contributed by atoms with Crippen molar-refractivity contribution in [2.24, 2.45) is 5.92 Å². The fraction of sp³-hybridized carbons (Fsp3) is 0.556. The third-order valence-corrected chi connectivity index (χ3v) is 6.73. The van der Waals surface area contributed by atoms with Crippen molar-refractivity contribution in [1.82, 2.24) is 0 Å². The molecule has 6 N–H and O–H groups in total. The average Bonchev–Trinajstić information content (AvgIpc) is 2.96. The summed E-state index contributed by atoms with van der Waals surface area (Å²) >= 11 is 0. The van der Waals surface area contributed by atoms with E-state index in [1.165, 1.54) is 24.3 Å². The zero-order valence-corrected chi connectivity index (χ0v) is 22.8. The van der Waals surface area contributed by atoms with Gasteiger partial charge in [-0.15, -0.1) is 0 Å². The molecule has 0 aromatic heterocycles. The van der Waals surface area contributed by atoms with Crippen LogP contribution in [0.2, 0.25) is 0 Å². The molecule has 228 valence electrons. The van der Waals surface area contributed by atoms with Crippen molar-refractivity contribution in [2.45, 2.75) is 63.4 Å². The minimum Gasteiger partial charge on any atom is -0.504 e. The van der Waals surface area contributed by atoms with Gasteiger partial charge in [0.2, 0.25) is 6.29 Å². The smallest absolute Gasteiger partial charge is 0.337 e. The van der Waals surface area contributed by atoms with Crippen LogP contribution in [0.15, 0.2) is 41.7 Å². The molecule has 0 amide bonds. The highest BCUT2D eigenvalue weighted by atomic mass is 16.8. The SMILES string of the molecule is CC=C1[C@@H](O[C@H]2O[C@H](CO)[C@@H](O)[C@@H](O)[C@@H]2O)OC=C(C(=O)OC)[C@H]1CC(=O)OC[C@H](OCC)c1ccc(O)c(O)c1. The number of phenols is 2. The summed E-state index contributed by atoms with van der Waals surface area (Å²) in [7, 11) is 1.16. The molecule has 0 bridgehead atoms. The number of carbonyl (C=O) groups is 2. The van der Waals surface area contributed by atoms with Crippen LogP contribution in [0.1, 0.15) is 31.9 Å². The molecule has 1 saturated heterocycles. The number of hydrogen-bond donors (Lipinski definition) is 6. The first-order chi connectivity index (χ1) is 19.6. The Kier molecular flexibility index (Phi) is 11.5. The number of benzene rings is 1. The lowest BCUT2D eigenvalue weighted by atomic mass is 9.86. The number of allylic oxidation sites excluding steroid dienone is 1. The van der Waals surface area contributed by atoms with E-state index in [0.29, 0.717) is 5.56 Å². The molecule has 0 radical (unpaired) electrons. The van der Waals surface area contributed by atoms with Crippen molar-refractivity contribution in [3.05, 3.63) is 47.2 Å². The Bertz CT molecular complexity index is 1120. The number of ether oxygens (including phenoxy) is 6. The van der Waals surface area contributed by atoms with Crippen LogP contribution < -0.4 is 0 Å². The van der Waals surface area contributed by atoms with Crippen LogP contribution in [0, 0.1) is 5.92 Å². The zero-order valence-electron chi connectivity index (χ0n) is 22.8. The second kappa shape index (κ2) is 14.6. The van der Waals surface area contributed by atoms with Crippen molar-refractivity contribution in [1.29, 1.82) is 0 Å². The standard InChI is InChI=1S/C27H36O14/c1-4-14-15(9-21(31)38-12-20(37-5-2)13-6-7-17(29)18(30)8-13)16(25(35)36-3)11-39-26(14)41-27-24(34)23(33)22(32)19(10-28)40-27/h4,6-8,11,15,19-20,22-24,26-30,32-34H,5,9-10,12H2,1-3H3/t15-,19+,20-,22+,23+,24-,26+,27+/m0/s1. The van der Waals surface area contributed by atoms with Gasteiger partial charge >= 0.3 is 11.9 Å². The first kappa shape index (κ1) is 32.3. The van der Waals surface area contributed by atoms with Gasteiger partial charge in [-0.2, -0.15) is 0 Å². The molecule has 8 atom stereocenters. The van der Waals surface area contributed by atoms with Crippen LogP contribution in [-0.4, -0.2) is 107 Å². The average molecular weight is 585 g/mol. The Morgan fingerprint density at radius 2 is 1.83 bits per heavy atom. The largest absolute Gasteiger partial charge is 0.504 e. The number of phenolic OH excluding ortho intramolecular Hbond substituents is 2. The van der Waals surface area contributed by atoms with Crippen molar-refractivity contribution in [3.63, 3.8) is 0 Å². The number of rotatable bonds is 11. The van der Waals surface area contributed by atoms with E-state index in [-0.39, 0.29) is 42.3 Å². The van der Waals surface area contributed by atoms with E-state index in [0.717, 1.165) is 13.4 Å². The maximum absolute atomic E-state index is 13.0.